The fourth-order valence-corrected chi connectivity index (χ4v) is 3.08. The molecule has 0 saturated heterocycles. The molecule has 2 unspecified atom stereocenters. The van der Waals surface area contributed by atoms with Gasteiger partial charge in [-0.25, -0.2) is 0 Å². The summed E-state index contributed by atoms with van der Waals surface area (Å²) < 4.78 is 11.1. The summed E-state index contributed by atoms with van der Waals surface area (Å²) in [6.07, 6.45) is 1.77. The van der Waals surface area contributed by atoms with Crippen LogP contribution in [0.1, 0.15) is 23.5 Å². The van der Waals surface area contributed by atoms with Gasteiger partial charge >= 0.3 is 0 Å². The molecule has 0 bridgehead atoms. The van der Waals surface area contributed by atoms with E-state index >= 15 is 0 Å². The second-order valence-corrected chi connectivity index (χ2v) is 5.46. The first kappa shape index (κ1) is 14.0. The van der Waals surface area contributed by atoms with Gasteiger partial charge in [-0.15, -0.1) is 0 Å². The third-order valence-electron chi connectivity index (χ3n) is 4.17. The van der Waals surface area contributed by atoms with Crippen molar-refractivity contribution in [2.24, 2.45) is 5.73 Å². The predicted molar refractivity (Wildman–Crippen MR) is 84.0 cm³/mol. The van der Waals surface area contributed by atoms with E-state index in [1.807, 2.05) is 30.3 Å². The van der Waals surface area contributed by atoms with E-state index < -0.39 is 0 Å². The highest BCUT2D eigenvalue weighted by Crippen LogP contribution is 2.36. The van der Waals surface area contributed by atoms with Crippen molar-refractivity contribution in [3.05, 3.63) is 59.7 Å². The molecule has 3 heteroatoms. The number of para-hydroxylation sites is 2. The van der Waals surface area contributed by atoms with Gasteiger partial charge in [0, 0.05) is 12.0 Å². The Morgan fingerprint density at radius 1 is 1.19 bits per heavy atom. The van der Waals surface area contributed by atoms with Crippen LogP contribution in [-0.4, -0.2) is 19.8 Å². The number of methoxy groups -OCH3 is 1. The molecule has 2 aromatic rings. The van der Waals surface area contributed by atoms with Crippen LogP contribution in [0.3, 0.4) is 0 Å². The lowest BCUT2D eigenvalue weighted by molar-refractivity contribution is 0.254. The molecular weight excluding hydrogens is 262 g/mol. The Balaban J connectivity index is 1.82. The summed E-state index contributed by atoms with van der Waals surface area (Å²) >= 11 is 0. The van der Waals surface area contributed by atoms with Crippen LogP contribution in [-0.2, 0) is 6.42 Å². The summed E-state index contributed by atoms with van der Waals surface area (Å²) in [4.78, 5) is 0. The van der Waals surface area contributed by atoms with E-state index in [0.717, 1.165) is 36.5 Å². The summed E-state index contributed by atoms with van der Waals surface area (Å²) in [6.45, 7) is 0.737. The van der Waals surface area contributed by atoms with Crippen LogP contribution in [0.2, 0.25) is 0 Å². The summed E-state index contributed by atoms with van der Waals surface area (Å²) in [5, 5.41) is 0. The number of fused-ring (bicyclic) bond motifs is 1. The summed E-state index contributed by atoms with van der Waals surface area (Å²) in [5.74, 6) is 2.22. The Morgan fingerprint density at radius 2 is 1.95 bits per heavy atom. The van der Waals surface area contributed by atoms with E-state index in [9.17, 15) is 0 Å². The van der Waals surface area contributed by atoms with E-state index in [1.165, 1.54) is 5.56 Å². The quantitative estimate of drug-likeness (QED) is 0.937. The lowest BCUT2D eigenvalue weighted by Crippen LogP contribution is -2.34. The molecule has 0 aromatic heterocycles. The van der Waals surface area contributed by atoms with Crippen molar-refractivity contribution >= 4 is 0 Å². The van der Waals surface area contributed by atoms with E-state index in [2.05, 4.69) is 18.2 Å². The van der Waals surface area contributed by atoms with Crippen LogP contribution in [0, 0.1) is 0 Å². The zero-order valence-corrected chi connectivity index (χ0v) is 12.3. The van der Waals surface area contributed by atoms with Crippen molar-refractivity contribution in [1.82, 2.24) is 0 Å². The minimum atomic E-state index is 0.0614. The molecule has 0 saturated carbocycles. The van der Waals surface area contributed by atoms with Crippen molar-refractivity contribution in [2.45, 2.75) is 24.8 Å². The molecule has 0 fully saturated rings. The summed E-state index contributed by atoms with van der Waals surface area (Å²) in [5.41, 5.74) is 8.90. The van der Waals surface area contributed by atoms with Crippen LogP contribution < -0.4 is 15.2 Å². The number of ether oxygens (including phenoxy) is 2. The van der Waals surface area contributed by atoms with E-state index in [-0.39, 0.29) is 6.04 Å². The first-order chi connectivity index (χ1) is 10.3. The zero-order chi connectivity index (χ0) is 14.7. The first-order valence-corrected chi connectivity index (χ1v) is 7.39. The number of nitrogens with two attached hydrogens (primary N) is 1. The number of benzene rings is 2. The molecule has 1 aliphatic rings. The largest absolute Gasteiger partial charge is 0.496 e. The van der Waals surface area contributed by atoms with Gasteiger partial charge in [0.1, 0.15) is 11.5 Å². The molecule has 1 heterocycles. The van der Waals surface area contributed by atoms with Gasteiger partial charge in [0.2, 0.25) is 0 Å². The maximum Gasteiger partial charge on any atom is 0.122 e. The topological polar surface area (TPSA) is 44.5 Å². The molecule has 0 radical (unpaired) electrons. The lowest BCUT2D eigenvalue weighted by Gasteiger charge is -2.30. The molecule has 21 heavy (non-hydrogen) atoms. The van der Waals surface area contributed by atoms with Crippen molar-refractivity contribution in [1.29, 1.82) is 0 Å². The van der Waals surface area contributed by atoms with E-state index in [1.54, 1.807) is 7.11 Å². The third kappa shape index (κ3) is 2.88. The Hall–Kier alpha value is -2.00. The van der Waals surface area contributed by atoms with Crippen LogP contribution >= 0.6 is 0 Å². The van der Waals surface area contributed by atoms with Crippen LogP contribution in [0.4, 0.5) is 0 Å². The maximum atomic E-state index is 6.51. The fraction of sp³-hybridized carbons (Fsp3) is 0.333. The standard InChI is InChI=1S/C18H21NO2/c1-20-17-8-4-2-6-13(17)12-16(19)14-10-11-21-18-9-5-3-7-15(14)18/h2-9,14,16H,10-12,19H2,1H3. The van der Waals surface area contributed by atoms with Crippen LogP contribution in [0.15, 0.2) is 48.5 Å². The molecule has 2 N–H and O–H groups in total. The van der Waals surface area contributed by atoms with Crippen LogP contribution in [0.25, 0.3) is 0 Å². The van der Waals surface area contributed by atoms with Gasteiger partial charge in [0.05, 0.1) is 13.7 Å². The minimum Gasteiger partial charge on any atom is -0.496 e. The normalized spacial score (nSPS) is 18.5. The van der Waals surface area contributed by atoms with Crippen molar-refractivity contribution in [2.75, 3.05) is 13.7 Å². The van der Waals surface area contributed by atoms with Crippen molar-refractivity contribution in [3.63, 3.8) is 0 Å². The number of rotatable bonds is 4. The maximum absolute atomic E-state index is 6.51. The zero-order valence-electron chi connectivity index (χ0n) is 12.3. The smallest absolute Gasteiger partial charge is 0.122 e. The highest BCUT2D eigenvalue weighted by atomic mass is 16.5. The highest BCUT2D eigenvalue weighted by molar-refractivity contribution is 5.40. The molecule has 110 valence electrons. The van der Waals surface area contributed by atoms with Crippen molar-refractivity contribution in [3.8, 4) is 11.5 Å². The molecule has 0 aliphatic carbocycles. The Morgan fingerprint density at radius 3 is 2.81 bits per heavy atom. The average molecular weight is 283 g/mol. The second kappa shape index (κ2) is 6.19. The monoisotopic (exact) mass is 283 g/mol. The molecule has 3 nitrogen and oxygen atoms in total. The highest BCUT2D eigenvalue weighted by Gasteiger charge is 2.27. The summed E-state index contributed by atoms with van der Waals surface area (Å²) in [7, 11) is 1.70. The second-order valence-electron chi connectivity index (χ2n) is 5.46. The summed E-state index contributed by atoms with van der Waals surface area (Å²) in [6, 6.07) is 16.4. The van der Waals surface area contributed by atoms with Gasteiger partial charge in [0.15, 0.2) is 0 Å². The molecular formula is C18H21NO2. The molecule has 0 amide bonds. The molecule has 2 aromatic carbocycles. The number of hydrogen-bond donors (Lipinski definition) is 1. The van der Waals surface area contributed by atoms with E-state index in [0.29, 0.717) is 5.92 Å². The Labute approximate surface area is 125 Å². The third-order valence-corrected chi connectivity index (χ3v) is 4.17. The van der Waals surface area contributed by atoms with E-state index in [4.69, 9.17) is 15.2 Å². The van der Waals surface area contributed by atoms with Gasteiger partial charge in [0.25, 0.3) is 0 Å². The lowest BCUT2D eigenvalue weighted by atomic mass is 9.84. The molecule has 1 aliphatic heterocycles. The van der Waals surface area contributed by atoms with Gasteiger partial charge in [-0.2, -0.15) is 0 Å². The van der Waals surface area contributed by atoms with Crippen molar-refractivity contribution < 1.29 is 9.47 Å². The van der Waals surface area contributed by atoms with Crippen LogP contribution in [0.5, 0.6) is 11.5 Å². The van der Waals surface area contributed by atoms with Gasteiger partial charge in [-0.05, 0) is 36.1 Å². The Bertz CT molecular complexity index is 612. The number of hydrogen-bond acceptors (Lipinski definition) is 3. The van der Waals surface area contributed by atoms with Gasteiger partial charge in [-0.3, -0.25) is 0 Å². The molecule has 0 spiro atoms. The molecule has 2 atom stereocenters. The van der Waals surface area contributed by atoms with Gasteiger partial charge < -0.3 is 15.2 Å². The minimum absolute atomic E-state index is 0.0614. The molecule has 3 rings (SSSR count). The average Bonchev–Trinajstić information content (AvgIpc) is 2.54. The first-order valence-electron chi connectivity index (χ1n) is 7.39. The Kier molecular flexibility index (Phi) is 4.11. The SMILES string of the molecule is COc1ccccc1CC(N)C1CCOc2ccccc21. The predicted octanol–water partition coefficient (Wildman–Crippen LogP) is 3.13. The van der Waals surface area contributed by atoms with Gasteiger partial charge in [-0.1, -0.05) is 36.4 Å². The fourth-order valence-electron chi connectivity index (χ4n) is 3.08.